The van der Waals surface area contributed by atoms with Gasteiger partial charge in [0.15, 0.2) is 5.82 Å². The van der Waals surface area contributed by atoms with Gasteiger partial charge in [0.1, 0.15) is 5.82 Å². The molecule has 1 aromatic heterocycles. The van der Waals surface area contributed by atoms with Gasteiger partial charge in [0.25, 0.3) is 0 Å². The van der Waals surface area contributed by atoms with E-state index in [9.17, 15) is 5.11 Å². The molecule has 2 unspecified atom stereocenters. The van der Waals surface area contributed by atoms with E-state index in [2.05, 4.69) is 22.0 Å². The largest absolute Gasteiger partial charge is 0.394 e. The van der Waals surface area contributed by atoms with Crippen LogP contribution in [0.25, 0.3) is 0 Å². The Morgan fingerprint density at radius 2 is 2.33 bits per heavy atom. The van der Waals surface area contributed by atoms with Crippen LogP contribution < -0.4 is 10.6 Å². The van der Waals surface area contributed by atoms with Crippen LogP contribution in [0.4, 0.5) is 11.6 Å². The Hall–Kier alpha value is -1.36. The van der Waals surface area contributed by atoms with Gasteiger partial charge in [-0.1, -0.05) is 6.92 Å². The maximum Gasteiger partial charge on any atom is 0.151 e. The van der Waals surface area contributed by atoms with Crippen LogP contribution >= 0.6 is 0 Å². The number of nitrogens with two attached hydrogens (primary N) is 1. The minimum Gasteiger partial charge on any atom is -0.394 e. The van der Waals surface area contributed by atoms with E-state index < -0.39 is 0 Å². The highest BCUT2D eigenvalue weighted by molar-refractivity contribution is 5.43. The van der Waals surface area contributed by atoms with Gasteiger partial charge in [0.2, 0.25) is 0 Å². The number of hydrogen-bond donors (Lipinski definition) is 2. The van der Waals surface area contributed by atoms with Crippen molar-refractivity contribution in [2.24, 2.45) is 5.92 Å². The summed E-state index contributed by atoms with van der Waals surface area (Å²) in [6.45, 7) is 3.23. The molecule has 1 aromatic rings. The van der Waals surface area contributed by atoms with Crippen LogP contribution in [0.1, 0.15) is 13.3 Å². The molecule has 5 heteroatoms. The number of rotatable bonds is 2. The fourth-order valence-electron chi connectivity index (χ4n) is 2.06. The molecule has 0 saturated carbocycles. The zero-order valence-electron chi connectivity index (χ0n) is 8.80. The molecule has 1 aliphatic heterocycles. The first-order valence-corrected chi connectivity index (χ1v) is 5.19. The molecule has 5 nitrogen and oxygen atoms in total. The first-order chi connectivity index (χ1) is 7.22. The van der Waals surface area contributed by atoms with Crippen molar-refractivity contribution in [1.82, 2.24) is 10.2 Å². The molecule has 0 amide bonds. The van der Waals surface area contributed by atoms with Crippen LogP contribution in [-0.4, -0.2) is 34.5 Å². The molecule has 2 rings (SSSR count). The highest BCUT2D eigenvalue weighted by atomic mass is 16.3. The number of nitrogens with zero attached hydrogens (tertiary/aromatic N) is 3. The Bertz CT molecular complexity index is 327. The average molecular weight is 208 g/mol. The summed E-state index contributed by atoms with van der Waals surface area (Å²) in [5, 5.41) is 17.2. The first kappa shape index (κ1) is 10.2. The molecule has 2 atom stereocenters. The predicted octanol–water partition coefficient (Wildman–Crippen LogP) is 0.266. The van der Waals surface area contributed by atoms with Crippen LogP contribution in [-0.2, 0) is 0 Å². The third kappa shape index (κ3) is 1.87. The Morgan fingerprint density at radius 1 is 1.53 bits per heavy atom. The smallest absolute Gasteiger partial charge is 0.151 e. The van der Waals surface area contributed by atoms with Gasteiger partial charge in [0, 0.05) is 6.54 Å². The van der Waals surface area contributed by atoms with Crippen LogP contribution in [0, 0.1) is 5.92 Å². The Balaban J connectivity index is 2.20. The second-order valence-electron chi connectivity index (χ2n) is 4.03. The maximum absolute atomic E-state index is 9.31. The van der Waals surface area contributed by atoms with Crippen molar-refractivity contribution < 1.29 is 5.11 Å². The molecule has 82 valence electrons. The Morgan fingerprint density at radius 3 is 2.93 bits per heavy atom. The molecular weight excluding hydrogens is 192 g/mol. The summed E-state index contributed by atoms with van der Waals surface area (Å²) in [5.74, 6) is 1.72. The zero-order valence-corrected chi connectivity index (χ0v) is 8.80. The summed E-state index contributed by atoms with van der Waals surface area (Å²) in [6.07, 6.45) is 1.08. The van der Waals surface area contributed by atoms with Crippen LogP contribution in [0.15, 0.2) is 12.1 Å². The molecule has 1 aliphatic rings. The van der Waals surface area contributed by atoms with E-state index in [-0.39, 0.29) is 12.6 Å². The van der Waals surface area contributed by atoms with Gasteiger partial charge in [-0.25, -0.2) is 0 Å². The summed E-state index contributed by atoms with van der Waals surface area (Å²) in [4.78, 5) is 2.09. The van der Waals surface area contributed by atoms with Gasteiger partial charge in [-0.3, -0.25) is 0 Å². The second-order valence-corrected chi connectivity index (χ2v) is 4.03. The summed E-state index contributed by atoms with van der Waals surface area (Å²) in [5.41, 5.74) is 5.48. The van der Waals surface area contributed by atoms with Crippen molar-refractivity contribution in [1.29, 1.82) is 0 Å². The molecule has 1 fully saturated rings. The summed E-state index contributed by atoms with van der Waals surface area (Å²) < 4.78 is 0. The highest BCUT2D eigenvalue weighted by Crippen LogP contribution is 2.27. The quantitative estimate of drug-likeness (QED) is 0.729. The van der Waals surface area contributed by atoms with E-state index in [1.807, 2.05) is 6.07 Å². The molecule has 0 radical (unpaired) electrons. The molecule has 0 aromatic carbocycles. The molecular formula is C10H16N4O. The summed E-state index contributed by atoms with van der Waals surface area (Å²) in [6, 6.07) is 3.74. The predicted molar refractivity (Wildman–Crippen MR) is 58.4 cm³/mol. The van der Waals surface area contributed by atoms with E-state index in [0.29, 0.717) is 11.7 Å². The fourth-order valence-corrected chi connectivity index (χ4v) is 2.06. The summed E-state index contributed by atoms with van der Waals surface area (Å²) in [7, 11) is 0. The van der Waals surface area contributed by atoms with Gasteiger partial charge >= 0.3 is 0 Å². The first-order valence-electron chi connectivity index (χ1n) is 5.19. The van der Waals surface area contributed by atoms with E-state index >= 15 is 0 Å². The maximum atomic E-state index is 9.31. The van der Waals surface area contributed by atoms with Crippen molar-refractivity contribution in [2.75, 3.05) is 23.8 Å². The zero-order chi connectivity index (χ0) is 10.8. The molecule has 1 saturated heterocycles. The van der Waals surface area contributed by atoms with Gasteiger partial charge < -0.3 is 15.7 Å². The lowest BCUT2D eigenvalue weighted by atomic mass is 10.0. The van der Waals surface area contributed by atoms with Crippen LogP contribution in [0.2, 0.25) is 0 Å². The van der Waals surface area contributed by atoms with Gasteiger partial charge in [-0.15, -0.1) is 10.2 Å². The number of aromatic nitrogens is 2. The van der Waals surface area contributed by atoms with Crippen molar-refractivity contribution in [3.05, 3.63) is 12.1 Å². The van der Waals surface area contributed by atoms with Crippen molar-refractivity contribution >= 4 is 11.6 Å². The monoisotopic (exact) mass is 208 g/mol. The molecule has 0 aliphatic carbocycles. The number of anilines is 2. The third-order valence-corrected chi connectivity index (χ3v) is 3.03. The topological polar surface area (TPSA) is 75.3 Å². The van der Waals surface area contributed by atoms with E-state index in [1.165, 1.54) is 0 Å². The second kappa shape index (κ2) is 4.02. The van der Waals surface area contributed by atoms with Crippen LogP contribution in [0.3, 0.4) is 0 Å². The standard InChI is InChI=1S/C10H16N4O/c1-7-4-5-14(8(7)6-15)10-3-2-9(11)12-13-10/h2-3,7-8,15H,4-6H2,1H3,(H2,11,12). The summed E-state index contributed by atoms with van der Waals surface area (Å²) >= 11 is 0. The number of aliphatic hydroxyl groups is 1. The van der Waals surface area contributed by atoms with Crippen molar-refractivity contribution in [3.63, 3.8) is 0 Å². The molecule has 3 N–H and O–H groups in total. The SMILES string of the molecule is CC1CCN(c2ccc(N)nn2)C1CO. The number of aliphatic hydroxyl groups excluding tert-OH is 1. The van der Waals surface area contributed by atoms with Crippen LogP contribution in [0.5, 0.6) is 0 Å². The molecule has 15 heavy (non-hydrogen) atoms. The molecule has 2 heterocycles. The molecule has 0 bridgehead atoms. The van der Waals surface area contributed by atoms with E-state index in [1.54, 1.807) is 6.07 Å². The minimum absolute atomic E-state index is 0.155. The minimum atomic E-state index is 0.155. The van der Waals surface area contributed by atoms with E-state index in [0.717, 1.165) is 18.8 Å². The van der Waals surface area contributed by atoms with Gasteiger partial charge in [0.05, 0.1) is 12.6 Å². The lowest BCUT2D eigenvalue weighted by molar-refractivity contribution is 0.244. The number of hydrogen-bond acceptors (Lipinski definition) is 5. The Labute approximate surface area is 88.9 Å². The van der Waals surface area contributed by atoms with Crippen molar-refractivity contribution in [3.8, 4) is 0 Å². The Kier molecular flexibility index (Phi) is 2.73. The average Bonchev–Trinajstić information content (AvgIpc) is 2.61. The lowest BCUT2D eigenvalue weighted by Gasteiger charge is -2.25. The highest BCUT2D eigenvalue weighted by Gasteiger charge is 2.31. The normalized spacial score (nSPS) is 25.9. The number of nitrogen functional groups attached to an aromatic ring is 1. The molecule has 0 spiro atoms. The van der Waals surface area contributed by atoms with Gasteiger partial charge in [-0.05, 0) is 24.5 Å². The third-order valence-electron chi connectivity index (χ3n) is 3.03. The lowest BCUT2D eigenvalue weighted by Crippen LogP contribution is -2.35. The van der Waals surface area contributed by atoms with Gasteiger partial charge in [-0.2, -0.15) is 0 Å². The fraction of sp³-hybridized carbons (Fsp3) is 0.600. The van der Waals surface area contributed by atoms with E-state index in [4.69, 9.17) is 5.73 Å². The van der Waals surface area contributed by atoms with Crippen molar-refractivity contribution in [2.45, 2.75) is 19.4 Å².